The number of ether oxygens (including phenoxy) is 3. The van der Waals surface area contributed by atoms with Crippen LogP contribution in [0.2, 0.25) is 0 Å². The molecule has 0 radical (unpaired) electrons. The molecule has 3 rings (SSSR count). The summed E-state index contributed by atoms with van der Waals surface area (Å²) in [5, 5.41) is 0. The minimum Gasteiger partial charge on any atom is -0.494 e. The van der Waals surface area contributed by atoms with E-state index in [2.05, 4.69) is 13.8 Å². The molecule has 2 atom stereocenters. The highest BCUT2D eigenvalue weighted by Crippen LogP contribution is 2.36. The molecule has 1 aliphatic carbocycles. The number of hydrogen-bond acceptors (Lipinski definition) is 4. The fourth-order valence-electron chi connectivity index (χ4n) is 5.18. The lowest BCUT2D eigenvalue weighted by atomic mass is 9.75. The molecule has 5 heteroatoms. The first-order valence-corrected chi connectivity index (χ1v) is 14.0. The van der Waals surface area contributed by atoms with Crippen LogP contribution in [0.15, 0.2) is 42.5 Å². The van der Waals surface area contributed by atoms with Gasteiger partial charge in [0.25, 0.3) is 0 Å². The average Bonchev–Trinajstić information content (AvgIpc) is 2.89. The van der Waals surface area contributed by atoms with Crippen LogP contribution in [0, 0.1) is 17.7 Å². The second-order valence-electron chi connectivity index (χ2n) is 10.00. The zero-order valence-corrected chi connectivity index (χ0v) is 22.1. The monoisotopic (exact) mass is 498 g/mol. The number of unbranched alkanes of at least 4 members (excludes halogenated alkanes) is 3. The number of esters is 1. The molecule has 36 heavy (non-hydrogen) atoms. The summed E-state index contributed by atoms with van der Waals surface area (Å²) in [6.07, 6.45) is 14.7. The highest BCUT2D eigenvalue weighted by molar-refractivity contribution is 5.91. The zero-order chi connectivity index (χ0) is 25.6. The van der Waals surface area contributed by atoms with Gasteiger partial charge in [-0.2, -0.15) is 0 Å². The SMILES string of the molecule is CCCCCCOc1ccc(C(=O)Oc2ccc(OCCCC3CCCCC3CCC)cc2)cc1F. The maximum absolute atomic E-state index is 14.4. The number of halogens is 1. The van der Waals surface area contributed by atoms with E-state index in [9.17, 15) is 9.18 Å². The van der Waals surface area contributed by atoms with Crippen LogP contribution >= 0.6 is 0 Å². The lowest BCUT2D eigenvalue weighted by Crippen LogP contribution is -2.20. The Morgan fingerprint density at radius 2 is 1.50 bits per heavy atom. The van der Waals surface area contributed by atoms with Gasteiger partial charge in [0.1, 0.15) is 11.5 Å². The summed E-state index contributed by atoms with van der Waals surface area (Å²) in [7, 11) is 0. The summed E-state index contributed by atoms with van der Waals surface area (Å²) in [4.78, 5) is 12.5. The number of rotatable bonds is 15. The molecular weight excluding hydrogens is 455 g/mol. The van der Waals surface area contributed by atoms with E-state index < -0.39 is 11.8 Å². The molecule has 1 saturated carbocycles. The van der Waals surface area contributed by atoms with Gasteiger partial charge in [-0.15, -0.1) is 0 Å². The summed E-state index contributed by atoms with van der Waals surface area (Å²) in [5.41, 5.74) is 0.148. The van der Waals surface area contributed by atoms with Gasteiger partial charge >= 0.3 is 5.97 Å². The molecule has 4 nitrogen and oxygen atoms in total. The fourth-order valence-corrected chi connectivity index (χ4v) is 5.18. The Morgan fingerprint density at radius 1 is 0.806 bits per heavy atom. The van der Waals surface area contributed by atoms with Crippen molar-refractivity contribution >= 4 is 5.97 Å². The second kappa shape index (κ2) is 15.5. The number of carbonyl (C=O) groups excluding carboxylic acids is 1. The molecule has 2 aromatic rings. The number of benzene rings is 2. The van der Waals surface area contributed by atoms with Crippen molar-refractivity contribution in [2.75, 3.05) is 13.2 Å². The summed E-state index contributed by atoms with van der Waals surface area (Å²) >= 11 is 0. The highest BCUT2D eigenvalue weighted by Gasteiger charge is 2.23. The van der Waals surface area contributed by atoms with E-state index in [4.69, 9.17) is 14.2 Å². The van der Waals surface area contributed by atoms with E-state index in [0.717, 1.165) is 49.7 Å². The van der Waals surface area contributed by atoms with Crippen LogP contribution in [0.5, 0.6) is 17.2 Å². The largest absolute Gasteiger partial charge is 0.494 e. The molecule has 0 aromatic heterocycles. The third-order valence-electron chi connectivity index (χ3n) is 7.17. The van der Waals surface area contributed by atoms with E-state index in [1.54, 1.807) is 24.3 Å². The van der Waals surface area contributed by atoms with Crippen LogP contribution in [0.25, 0.3) is 0 Å². The van der Waals surface area contributed by atoms with Crippen LogP contribution in [0.3, 0.4) is 0 Å². The molecular formula is C31H43FO4. The van der Waals surface area contributed by atoms with Gasteiger partial charge in [0.2, 0.25) is 0 Å². The zero-order valence-electron chi connectivity index (χ0n) is 22.1. The molecule has 0 saturated heterocycles. The van der Waals surface area contributed by atoms with E-state index >= 15 is 0 Å². The maximum Gasteiger partial charge on any atom is 0.343 e. The quantitative estimate of drug-likeness (QED) is 0.140. The molecule has 198 valence electrons. The minimum atomic E-state index is -0.605. The summed E-state index contributed by atoms with van der Waals surface area (Å²) in [5.74, 6) is 1.90. The van der Waals surface area contributed by atoms with Crippen molar-refractivity contribution in [3.05, 3.63) is 53.8 Å². The summed E-state index contributed by atoms with van der Waals surface area (Å²) in [6.45, 7) is 5.59. The van der Waals surface area contributed by atoms with Crippen molar-refractivity contribution in [1.29, 1.82) is 0 Å². The molecule has 0 N–H and O–H groups in total. The van der Waals surface area contributed by atoms with Gasteiger partial charge in [-0.1, -0.05) is 71.6 Å². The number of carbonyl (C=O) groups is 1. The molecule has 1 aliphatic rings. The van der Waals surface area contributed by atoms with E-state index in [1.165, 1.54) is 63.1 Å². The van der Waals surface area contributed by atoms with Crippen molar-refractivity contribution in [2.24, 2.45) is 11.8 Å². The van der Waals surface area contributed by atoms with E-state index in [-0.39, 0.29) is 11.3 Å². The molecule has 0 bridgehead atoms. The summed E-state index contributed by atoms with van der Waals surface area (Å²) < 4.78 is 31.2. The van der Waals surface area contributed by atoms with Crippen LogP contribution < -0.4 is 14.2 Å². The molecule has 0 heterocycles. The van der Waals surface area contributed by atoms with Gasteiger partial charge in [0, 0.05) is 0 Å². The Hall–Kier alpha value is -2.56. The first-order chi connectivity index (χ1) is 17.6. The Kier molecular flexibility index (Phi) is 12.1. The Labute approximate surface area is 216 Å². The van der Waals surface area contributed by atoms with Gasteiger partial charge in [-0.05, 0) is 73.6 Å². The van der Waals surface area contributed by atoms with Crippen molar-refractivity contribution in [3.8, 4) is 17.2 Å². The Bertz CT molecular complexity index is 909. The molecule has 2 unspecified atom stereocenters. The van der Waals surface area contributed by atoms with E-state index in [1.807, 2.05) is 0 Å². The van der Waals surface area contributed by atoms with Gasteiger partial charge in [-0.3, -0.25) is 0 Å². The lowest BCUT2D eigenvalue weighted by molar-refractivity contribution is 0.0734. The molecule has 1 fully saturated rings. The van der Waals surface area contributed by atoms with Crippen molar-refractivity contribution in [3.63, 3.8) is 0 Å². The van der Waals surface area contributed by atoms with Crippen LogP contribution in [0.4, 0.5) is 4.39 Å². The third-order valence-corrected chi connectivity index (χ3v) is 7.17. The highest BCUT2D eigenvalue weighted by atomic mass is 19.1. The van der Waals surface area contributed by atoms with Crippen LogP contribution in [-0.2, 0) is 0 Å². The average molecular weight is 499 g/mol. The van der Waals surface area contributed by atoms with Gasteiger partial charge in [0.05, 0.1) is 18.8 Å². The third kappa shape index (κ3) is 9.15. The van der Waals surface area contributed by atoms with Gasteiger partial charge in [0.15, 0.2) is 11.6 Å². The lowest BCUT2D eigenvalue weighted by Gasteiger charge is -2.31. The fraction of sp³-hybridized carbons (Fsp3) is 0.581. The van der Waals surface area contributed by atoms with Crippen molar-refractivity contribution in [1.82, 2.24) is 0 Å². The van der Waals surface area contributed by atoms with Gasteiger partial charge in [-0.25, -0.2) is 9.18 Å². The molecule has 2 aromatic carbocycles. The second-order valence-corrected chi connectivity index (χ2v) is 10.00. The first kappa shape index (κ1) is 28.0. The maximum atomic E-state index is 14.4. The topological polar surface area (TPSA) is 44.8 Å². The Morgan fingerprint density at radius 3 is 2.19 bits per heavy atom. The predicted molar refractivity (Wildman–Crippen MR) is 143 cm³/mol. The van der Waals surface area contributed by atoms with Crippen LogP contribution in [0.1, 0.15) is 101 Å². The van der Waals surface area contributed by atoms with Crippen molar-refractivity contribution < 1.29 is 23.4 Å². The smallest absolute Gasteiger partial charge is 0.343 e. The number of hydrogen-bond donors (Lipinski definition) is 0. The van der Waals surface area contributed by atoms with Crippen molar-refractivity contribution in [2.45, 2.75) is 90.9 Å². The predicted octanol–water partition coefficient (Wildman–Crippen LogP) is 8.77. The standard InChI is InChI=1S/C31H43FO4/c1-3-5-6-9-21-35-30-20-15-26(23-29(30)32)31(33)36-28-18-16-27(17-19-28)34-22-10-14-25-13-8-7-12-24(25)11-4-2/h15-20,23-25H,3-14,21-22H2,1-2H3. The van der Waals surface area contributed by atoms with Crippen LogP contribution in [-0.4, -0.2) is 19.2 Å². The molecule has 0 aliphatic heterocycles. The minimum absolute atomic E-state index is 0.148. The first-order valence-electron chi connectivity index (χ1n) is 14.0. The summed E-state index contributed by atoms with van der Waals surface area (Å²) in [6, 6.07) is 11.2. The van der Waals surface area contributed by atoms with Gasteiger partial charge < -0.3 is 14.2 Å². The Balaban J connectivity index is 1.40. The normalized spacial score (nSPS) is 17.5. The molecule has 0 amide bonds. The van der Waals surface area contributed by atoms with E-state index in [0.29, 0.717) is 19.0 Å². The molecule has 0 spiro atoms.